The summed E-state index contributed by atoms with van der Waals surface area (Å²) >= 11 is 0. The van der Waals surface area contributed by atoms with Gasteiger partial charge in [0.1, 0.15) is 11.6 Å². The first kappa shape index (κ1) is 11.7. The van der Waals surface area contributed by atoms with E-state index >= 15 is 0 Å². The maximum Gasteiger partial charge on any atom is 0.142 e. The van der Waals surface area contributed by atoms with Gasteiger partial charge in [0.15, 0.2) is 0 Å². The van der Waals surface area contributed by atoms with E-state index in [9.17, 15) is 0 Å². The molecule has 2 aliphatic heterocycles. The van der Waals surface area contributed by atoms with Crippen molar-refractivity contribution in [2.75, 3.05) is 30.0 Å². The molecule has 0 saturated carbocycles. The Labute approximate surface area is 108 Å². The zero-order valence-electron chi connectivity index (χ0n) is 10.8. The predicted molar refractivity (Wildman–Crippen MR) is 73.5 cm³/mol. The minimum absolute atomic E-state index is 0.514. The molecule has 98 valence electrons. The van der Waals surface area contributed by atoms with E-state index in [0.29, 0.717) is 12.1 Å². The first-order chi connectivity index (χ1) is 8.78. The molecule has 2 aliphatic rings. The molecule has 3 N–H and O–H groups in total. The summed E-state index contributed by atoms with van der Waals surface area (Å²) < 4.78 is 0. The van der Waals surface area contributed by atoms with Crippen molar-refractivity contribution < 1.29 is 0 Å². The molecule has 0 aliphatic carbocycles. The molecule has 0 radical (unpaired) electrons. The van der Waals surface area contributed by atoms with E-state index in [-0.39, 0.29) is 0 Å². The van der Waals surface area contributed by atoms with Gasteiger partial charge in [-0.05, 0) is 38.4 Å². The average Bonchev–Trinajstić information content (AvgIpc) is 2.85. The second-order valence-electron chi connectivity index (χ2n) is 5.32. The number of hydrogen-bond donors (Lipinski definition) is 2. The van der Waals surface area contributed by atoms with Crippen molar-refractivity contribution in [2.45, 2.75) is 31.8 Å². The fourth-order valence-corrected chi connectivity index (χ4v) is 3.17. The first-order valence-corrected chi connectivity index (χ1v) is 6.72. The fourth-order valence-electron chi connectivity index (χ4n) is 3.17. The SMILES string of the molecule is CC1CN2CCCC2CN1c1cccc(NN)n1. The summed E-state index contributed by atoms with van der Waals surface area (Å²) in [6.45, 7) is 5.77. The number of nitrogen functional groups attached to an aromatic ring is 1. The van der Waals surface area contributed by atoms with Crippen LogP contribution in [0.3, 0.4) is 0 Å². The second-order valence-corrected chi connectivity index (χ2v) is 5.32. The van der Waals surface area contributed by atoms with Crippen LogP contribution in [0.5, 0.6) is 0 Å². The van der Waals surface area contributed by atoms with E-state index in [1.165, 1.54) is 19.4 Å². The molecule has 2 fully saturated rings. The Bertz CT molecular complexity index is 422. The number of hydrogen-bond acceptors (Lipinski definition) is 5. The summed E-state index contributed by atoms with van der Waals surface area (Å²) in [6.07, 6.45) is 2.65. The lowest BCUT2D eigenvalue weighted by Gasteiger charge is -2.43. The maximum atomic E-state index is 5.43. The highest BCUT2D eigenvalue weighted by Gasteiger charge is 2.34. The minimum Gasteiger partial charge on any atom is -0.351 e. The van der Waals surface area contributed by atoms with E-state index in [2.05, 4.69) is 33.2 Å². The number of piperazine rings is 1. The van der Waals surface area contributed by atoms with Crippen LogP contribution in [0, 0.1) is 0 Å². The number of fused-ring (bicyclic) bond motifs is 1. The minimum atomic E-state index is 0.514. The zero-order chi connectivity index (χ0) is 12.5. The van der Waals surface area contributed by atoms with Gasteiger partial charge in [0.25, 0.3) is 0 Å². The van der Waals surface area contributed by atoms with Crippen molar-refractivity contribution in [1.29, 1.82) is 0 Å². The van der Waals surface area contributed by atoms with Gasteiger partial charge in [-0.3, -0.25) is 4.90 Å². The van der Waals surface area contributed by atoms with Crippen LogP contribution >= 0.6 is 0 Å². The second kappa shape index (κ2) is 4.74. The Morgan fingerprint density at radius 1 is 1.39 bits per heavy atom. The van der Waals surface area contributed by atoms with Crippen molar-refractivity contribution in [2.24, 2.45) is 5.84 Å². The zero-order valence-corrected chi connectivity index (χ0v) is 10.8. The van der Waals surface area contributed by atoms with E-state index in [4.69, 9.17) is 5.84 Å². The van der Waals surface area contributed by atoms with Crippen molar-refractivity contribution in [1.82, 2.24) is 9.88 Å². The van der Waals surface area contributed by atoms with Crippen LogP contribution in [0.4, 0.5) is 11.6 Å². The van der Waals surface area contributed by atoms with Gasteiger partial charge in [0.05, 0.1) is 0 Å². The highest BCUT2D eigenvalue weighted by Crippen LogP contribution is 2.27. The molecule has 0 bridgehead atoms. The van der Waals surface area contributed by atoms with Crippen molar-refractivity contribution in [3.8, 4) is 0 Å². The van der Waals surface area contributed by atoms with Crippen LogP contribution in [0.25, 0.3) is 0 Å². The van der Waals surface area contributed by atoms with E-state index in [0.717, 1.165) is 24.7 Å². The lowest BCUT2D eigenvalue weighted by atomic mass is 10.1. The summed E-state index contributed by atoms with van der Waals surface area (Å²) in [5.41, 5.74) is 2.62. The van der Waals surface area contributed by atoms with E-state index < -0.39 is 0 Å². The van der Waals surface area contributed by atoms with Crippen molar-refractivity contribution in [3.05, 3.63) is 18.2 Å². The molecule has 0 amide bonds. The van der Waals surface area contributed by atoms with Crippen molar-refractivity contribution >= 4 is 11.6 Å². The van der Waals surface area contributed by atoms with Gasteiger partial charge in [0.2, 0.25) is 0 Å². The summed E-state index contributed by atoms with van der Waals surface area (Å²) in [6, 6.07) is 7.19. The van der Waals surface area contributed by atoms with Gasteiger partial charge < -0.3 is 10.3 Å². The topological polar surface area (TPSA) is 57.4 Å². The number of nitrogens with zero attached hydrogens (tertiary/aromatic N) is 3. The van der Waals surface area contributed by atoms with Gasteiger partial charge in [0, 0.05) is 25.2 Å². The number of pyridine rings is 1. The van der Waals surface area contributed by atoms with Gasteiger partial charge in [-0.2, -0.15) is 0 Å². The number of rotatable bonds is 2. The highest BCUT2D eigenvalue weighted by atomic mass is 15.3. The number of anilines is 2. The summed E-state index contributed by atoms with van der Waals surface area (Å²) in [4.78, 5) is 9.58. The Morgan fingerprint density at radius 2 is 2.28 bits per heavy atom. The largest absolute Gasteiger partial charge is 0.351 e. The normalized spacial score (nSPS) is 28.2. The van der Waals surface area contributed by atoms with Crippen LogP contribution in [0.15, 0.2) is 18.2 Å². The first-order valence-electron chi connectivity index (χ1n) is 6.72. The molecule has 2 atom stereocenters. The Hall–Kier alpha value is -1.33. The Kier molecular flexibility index (Phi) is 3.09. The van der Waals surface area contributed by atoms with Crippen LogP contribution in [-0.2, 0) is 0 Å². The molecular weight excluding hydrogens is 226 g/mol. The fraction of sp³-hybridized carbons (Fsp3) is 0.615. The van der Waals surface area contributed by atoms with Gasteiger partial charge >= 0.3 is 0 Å². The molecule has 1 aromatic heterocycles. The third-order valence-electron chi connectivity index (χ3n) is 4.11. The maximum absolute atomic E-state index is 5.43. The molecule has 3 rings (SSSR count). The Morgan fingerprint density at radius 3 is 3.11 bits per heavy atom. The van der Waals surface area contributed by atoms with Crippen LogP contribution in [0.1, 0.15) is 19.8 Å². The Balaban J connectivity index is 1.81. The van der Waals surface area contributed by atoms with Crippen LogP contribution in [-0.4, -0.2) is 41.6 Å². The molecule has 0 spiro atoms. The summed E-state index contributed by atoms with van der Waals surface area (Å²) in [7, 11) is 0. The van der Waals surface area contributed by atoms with E-state index in [1.807, 2.05) is 12.1 Å². The monoisotopic (exact) mass is 247 g/mol. The van der Waals surface area contributed by atoms with Crippen LogP contribution in [0.2, 0.25) is 0 Å². The smallest absolute Gasteiger partial charge is 0.142 e. The standard InChI is InChI=1S/C13H21N5/c1-10-8-17-7-3-4-11(17)9-18(10)13-6-2-5-12(15-13)16-14/h2,5-6,10-11H,3-4,7-9,14H2,1H3,(H,15,16). The molecule has 5 heteroatoms. The predicted octanol–water partition coefficient (Wildman–Crippen LogP) is 1.04. The average molecular weight is 247 g/mol. The molecule has 1 aromatic rings. The van der Waals surface area contributed by atoms with Gasteiger partial charge in [-0.15, -0.1) is 0 Å². The molecule has 18 heavy (non-hydrogen) atoms. The van der Waals surface area contributed by atoms with Crippen molar-refractivity contribution in [3.63, 3.8) is 0 Å². The molecule has 3 heterocycles. The van der Waals surface area contributed by atoms with Gasteiger partial charge in [-0.1, -0.05) is 6.07 Å². The lowest BCUT2D eigenvalue weighted by Crippen LogP contribution is -2.55. The molecule has 5 nitrogen and oxygen atoms in total. The molecule has 2 saturated heterocycles. The van der Waals surface area contributed by atoms with E-state index in [1.54, 1.807) is 0 Å². The quantitative estimate of drug-likeness (QED) is 0.604. The lowest BCUT2D eigenvalue weighted by molar-refractivity contribution is 0.202. The number of hydrazine groups is 1. The van der Waals surface area contributed by atoms with Crippen LogP contribution < -0.4 is 16.2 Å². The number of aromatic nitrogens is 1. The number of nitrogens with one attached hydrogen (secondary N) is 1. The summed E-state index contributed by atoms with van der Waals surface area (Å²) in [5, 5.41) is 0. The number of nitrogens with two attached hydrogens (primary N) is 1. The molecule has 0 aromatic carbocycles. The summed E-state index contributed by atoms with van der Waals surface area (Å²) in [5.74, 6) is 7.19. The molecular formula is C13H21N5. The third kappa shape index (κ3) is 2.04. The third-order valence-corrected chi connectivity index (χ3v) is 4.11. The highest BCUT2D eigenvalue weighted by molar-refractivity contribution is 5.47. The van der Waals surface area contributed by atoms with Gasteiger partial charge in [-0.25, -0.2) is 10.8 Å². The molecule has 2 unspecified atom stereocenters.